The van der Waals surface area contributed by atoms with Gasteiger partial charge in [-0.3, -0.25) is 19.5 Å². The Morgan fingerprint density at radius 3 is 2.47 bits per heavy atom. The van der Waals surface area contributed by atoms with Crippen LogP contribution in [0.1, 0.15) is 18.5 Å². The van der Waals surface area contributed by atoms with E-state index in [2.05, 4.69) is 25.3 Å². The number of carbonyl (C=O) groups is 1. The van der Waals surface area contributed by atoms with Crippen molar-refractivity contribution in [3.05, 3.63) is 87.1 Å². The van der Waals surface area contributed by atoms with E-state index in [1.165, 1.54) is 4.68 Å². The summed E-state index contributed by atoms with van der Waals surface area (Å²) in [5.74, 6) is -0.311. The third-order valence-corrected chi connectivity index (χ3v) is 8.81. The Balaban J connectivity index is 1.29. The van der Waals surface area contributed by atoms with Gasteiger partial charge in [0.15, 0.2) is 0 Å². The van der Waals surface area contributed by atoms with Crippen LogP contribution in [0.25, 0.3) is 33.2 Å². The van der Waals surface area contributed by atoms with Gasteiger partial charge in [0.05, 0.1) is 52.2 Å². The summed E-state index contributed by atoms with van der Waals surface area (Å²) >= 11 is 13.9. The number of ether oxygens (including phenoxy) is 1. The summed E-state index contributed by atoms with van der Waals surface area (Å²) in [6.07, 6.45) is 6.07. The highest BCUT2D eigenvalue weighted by molar-refractivity contribution is 6.39. The molecule has 45 heavy (non-hydrogen) atoms. The molecule has 0 saturated carbocycles. The summed E-state index contributed by atoms with van der Waals surface area (Å²) in [7, 11) is 3.13. The van der Waals surface area contributed by atoms with Crippen molar-refractivity contribution in [2.24, 2.45) is 13.0 Å². The highest BCUT2D eigenvalue weighted by Crippen LogP contribution is 2.42. The number of nitrogens with zero attached hydrogens (tertiary/aromatic N) is 6. The maximum atomic E-state index is 12.9. The molecule has 0 radical (unpaired) electrons. The number of aryl methyl sites for hydroxylation is 1. The van der Waals surface area contributed by atoms with Crippen molar-refractivity contribution in [3.8, 4) is 28.3 Å². The topological polar surface area (TPSA) is 135 Å². The first kappa shape index (κ1) is 30.4. The minimum atomic E-state index is -0.744. The largest absolute Gasteiger partial charge is 0.481 e. The number of pyridine rings is 1. The van der Waals surface area contributed by atoms with Crippen LogP contribution in [0.4, 0.5) is 11.5 Å². The maximum absolute atomic E-state index is 12.9. The molecule has 13 heteroatoms. The number of halogens is 2. The summed E-state index contributed by atoms with van der Waals surface area (Å²) < 4.78 is 6.86. The lowest BCUT2D eigenvalue weighted by Gasteiger charge is -2.29. The number of aliphatic carboxylic acids is 1. The SMILES string of the molecule is COc1nc(-c2cccc(-c3cccc(Nc4nccc5cnn(C)c(=O)c45)c3Cl)c2Cl)cnc1CN1CCC(C(=O)O)CC1. The van der Waals surface area contributed by atoms with Gasteiger partial charge in [-0.2, -0.15) is 5.10 Å². The summed E-state index contributed by atoms with van der Waals surface area (Å²) in [6, 6.07) is 12.8. The Hall–Kier alpha value is -4.58. The standard InChI is InChI=1S/C32H29Cl2N7O4/c1-40-31(42)26-19(15-37-40)9-12-35-29(26)38-23-8-4-6-21(28(23)34)20-5-3-7-22(27(20)33)24-16-36-25(30(39-24)45-2)17-41-13-10-18(11-14-41)32(43)44/h3-9,12,15-16,18H,10-11,13-14,17H2,1-2H3,(H,35,38)(H,43,44). The second kappa shape index (κ2) is 12.8. The van der Waals surface area contributed by atoms with Crippen LogP contribution in [0.15, 0.2) is 65.8 Å². The van der Waals surface area contributed by atoms with Gasteiger partial charge in [-0.1, -0.05) is 53.5 Å². The van der Waals surface area contributed by atoms with Gasteiger partial charge in [-0.05, 0) is 38.1 Å². The molecule has 0 unspecified atom stereocenters. The third kappa shape index (κ3) is 6.06. The first-order valence-electron chi connectivity index (χ1n) is 14.3. The molecule has 1 saturated heterocycles. The highest BCUT2D eigenvalue weighted by atomic mass is 35.5. The molecule has 2 aromatic carbocycles. The number of nitrogens with one attached hydrogen (secondary N) is 1. The number of likely N-dealkylation sites (tertiary alicyclic amines) is 1. The van der Waals surface area contributed by atoms with Crippen LogP contribution in [-0.4, -0.2) is 60.9 Å². The molecular formula is C32H29Cl2N7O4. The Morgan fingerprint density at radius 2 is 1.73 bits per heavy atom. The van der Waals surface area contributed by atoms with E-state index >= 15 is 0 Å². The second-order valence-corrected chi connectivity index (χ2v) is 11.5. The number of aromatic nitrogens is 5. The van der Waals surface area contributed by atoms with Gasteiger partial charge in [0, 0.05) is 41.9 Å². The highest BCUT2D eigenvalue weighted by Gasteiger charge is 2.26. The number of anilines is 2. The van der Waals surface area contributed by atoms with Crippen LogP contribution in [0.5, 0.6) is 5.88 Å². The molecule has 1 aliphatic heterocycles. The van der Waals surface area contributed by atoms with Gasteiger partial charge >= 0.3 is 5.97 Å². The molecule has 4 heterocycles. The van der Waals surface area contributed by atoms with Crippen molar-refractivity contribution in [1.29, 1.82) is 0 Å². The van der Waals surface area contributed by atoms with E-state index in [0.717, 1.165) is 0 Å². The predicted octanol–water partition coefficient (Wildman–Crippen LogP) is 5.81. The predicted molar refractivity (Wildman–Crippen MR) is 173 cm³/mol. The summed E-state index contributed by atoms with van der Waals surface area (Å²) in [6.45, 7) is 1.83. The lowest BCUT2D eigenvalue weighted by Crippen LogP contribution is -2.36. The minimum absolute atomic E-state index is 0.281. The van der Waals surface area contributed by atoms with E-state index in [1.54, 1.807) is 44.9 Å². The van der Waals surface area contributed by atoms with Crippen LogP contribution in [0.2, 0.25) is 10.0 Å². The van der Waals surface area contributed by atoms with Gasteiger partial charge in [-0.15, -0.1) is 0 Å². The van der Waals surface area contributed by atoms with Crippen LogP contribution >= 0.6 is 23.2 Å². The fourth-order valence-electron chi connectivity index (χ4n) is 5.52. The Labute approximate surface area is 268 Å². The van der Waals surface area contributed by atoms with Gasteiger partial charge in [0.25, 0.3) is 5.56 Å². The minimum Gasteiger partial charge on any atom is -0.481 e. The average Bonchev–Trinajstić information content (AvgIpc) is 3.04. The van der Waals surface area contributed by atoms with Gasteiger partial charge < -0.3 is 15.2 Å². The number of methoxy groups -OCH3 is 1. The zero-order valence-electron chi connectivity index (χ0n) is 24.5. The normalized spacial score (nSPS) is 14.0. The first-order valence-corrected chi connectivity index (χ1v) is 15.0. The van der Waals surface area contributed by atoms with E-state index in [4.69, 9.17) is 32.9 Å². The Kier molecular flexibility index (Phi) is 8.66. The van der Waals surface area contributed by atoms with Crippen molar-refractivity contribution in [2.75, 3.05) is 25.5 Å². The molecule has 3 aromatic heterocycles. The maximum Gasteiger partial charge on any atom is 0.306 e. The molecular weight excluding hydrogens is 617 g/mol. The van der Waals surface area contributed by atoms with Crippen molar-refractivity contribution in [2.45, 2.75) is 19.4 Å². The van der Waals surface area contributed by atoms with Crippen molar-refractivity contribution in [3.63, 3.8) is 0 Å². The summed E-state index contributed by atoms with van der Waals surface area (Å²) in [4.78, 5) is 40.1. The number of piperidine rings is 1. The number of fused-ring (bicyclic) bond motifs is 1. The smallest absolute Gasteiger partial charge is 0.306 e. The molecule has 0 atom stereocenters. The van der Waals surface area contributed by atoms with E-state index in [1.807, 2.05) is 30.3 Å². The number of carboxylic acids is 1. The van der Waals surface area contributed by atoms with Crippen LogP contribution < -0.4 is 15.6 Å². The molecule has 2 N–H and O–H groups in total. The number of hydrogen-bond acceptors (Lipinski definition) is 9. The van der Waals surface area contributed by atoms with Crippen LogP contribution in [0, 0.1) is 5.92 Å². The summed E-state index contributed by atoms with van der Waals surface area (Å²) in [5, 5.41) is 18.5. The molecule has 11 nitrogen and oxygen atoms in total. The molecule has 0 amide bonds. The van der Waals surface area contributed by atoms with Gasteiger partial charge in [-0.25, -0.2) is 14.6 Å². The number of hydrogen-bond donors (Lipinski definition) is 2. The third-order valence-electron chi connectivity index (χ3n) is 7.99. The Morgan fingerprint density at radius 1 is 1.02 bits per heavy atom. The molecule has 6 rings (SSSR count). The zero-order valence-corrected chi connectivity index (χ0v) is 26.0. The molecule has 230 valence electrons. The number of benzene rings is 2. The van der Waals surface area contributed by atoms with E-state index < -0.39 is 5.97 Å². The second-order valence-electron chi connectivity index (χ2n) is 10.8. The molecule has 1 aliphatic rings. The van der Waals surface area contributed by atoms with Crippen LogP contribution in [0.3, 0.4) is 0 Å². The van der Waals surface area contributed by atoms with Crippen molar-refractivity contribution < 1.29 is 14.6 Å². The fourth-order valence-corrected chi connectivity index (χ4v) is 6.12. The first-order chi connectivity index (χ1) is 21.7. The fraction of sp³-hybridized carbons (Fsp3) is 0.250. The lowest BCUT2D eigenvalue weighted by molar-refractivity contribution is -0.143. The monoisotopic (exact) mass is 645 g/mol. The van der Waals surface area contributed by atoms with E-state index in [9.17, 15) is 14.7 Å². The average molecular weight is 647 g/mol. The van der Waals surface area contributed by atoms with E-state index in [-0.39, 0.29) is 11.5 Å². The zero-order chi connectivity index (χ0) is 31.7. The Bertz CT molecular complexity index is 1980. The van der Waals surface area contributed by atoms with E-state index in [0.29, 0.717) is 98.8 Å². The molecule has 0 aliphatic carbocycles. The number of rotatable bonds is 8. The van der Waals surface area contributed by atoms with Crippen LogP contribution in [-0.2, 0) is 18.4 Å². The summed E-state index contributed by atoms with van der Waals surface area (Å²) in [5.41, 5.74) is 3.46. The molecule has 5 aromatic rings. The van der Waals surface area contributed by atoms with Gasteiger partial charge in [0.1, 0.15) is 11.5 Å². The molecule has 0 bridgehead atoms. The molecule has 1 fully saturated rings. The van der Waals surface area contributed by atoms with Crippen molar-refractivity contribution in [1.82, 2.24) is 29.6 Å². The lowest BCUT2D eigenvalue weighted by atomic mass is 9.97. The quantitative estimate of drug-likeness (QED) is 0.213. The number of carboxylic acid groups (broad SMARTS) is 1. The van der Waals surface area contributed by atoms with Crippen molar-refractivity contribution >= 4 is 51.4 Å². The van der Waals surface area contributed by atoms with Gasteiger partial charge in [0.2, 0.25) is 5.88 Å². The molecule has 0 spiro atoms.